The number of nitrogens with two attached hydrogens (primary N) is 2. The molecule has 5 rings (SSSR count). The van der Waals surface area contributed by atoms with Crippen molar-refractivity contribution in [3.05, 3.63) is 65.2 Å². The summed E-state index contributed by atoms with van der Waals surface area (Å²) in [7, 11) is 0. The molecule has 0 radical (unpaired) electrons. The zero-order chi connectivity index (χ0) is 21.6. The maximum atomic E-state index is 13.6. The molecule has 4 N–H and O–H groups in total. The van der Waals surface area contributed by atoms with Crippen LogP contribution in [0.2, 0.25) is 5.02 Å². The van der Waals surface area contributed by atoms with Gasteiger partial charge in [0.05, 0.1) is 22.9 Å². The normalized spacial score (nSPS) is 19.3. The first kappa shape index (κ1) is 20.4. The van der Waals surface area contributed by atoms with Crippen LogP contribution < -0.4 is 21.1 Å². The van der Waals surface area contributed by atoms with Crippen molar-refractivity contribution >= 4 is 34.9 Å². The van der Waals surface area contributed by atoms with Crippen LogP contribution in [0, 0.1) is 5.82 Å². The summed E-state index contributed by atoms with van der Waals surface area (Å²) in [4.78, 5) is 11.6. The molecule has 1 atom stereocenters. The van der Waals surface area contributed by atoms with Crippen molar-refractivity contribution in [1.82, 2.24) is 9.97 Å². The maximum absolute atomic E-state index is 13.6. The van der Waals surface area contributed by atoms with E-state index in [0.717, 1.165) is 47.1 Å². The van der Waals surface area contributed by atoms with Gasteiger partial charge >= 0.3 is 0 Å². The number of piperidine rings is 1. The highest BCUT2D eigenvalue weighted by atomic mass is 35.5. The lowest BCUT2D eigenvalue weighted by Crippen LogP contribution is -2.51. The zero-order valence-corrected chi connectivity index (χ0v) is 18.2. The Kier molecular flexibility index (Phi) is 5.16. The lowest BCUT2D eigenvalue weighted by Gasteiger charge is -2.41. The highest BCUT2D eigenvalue weighted by molar-refractivity contribution is 7.99. The fourth-order valence-corrected chi connectivity index (χ4v) is 5.25. The molecule has 6 nitrogen and oxygen atoms in total. The van der Waals surface area contributed by atoms with Gasteiger partial charge in [0, 0.05) is 48.7 Å². The van der Waals surface area contributed by atoms with E-state index in [1.165, 1.54) is 23.9 Å². The van der Waals surface area contributed by atoms with Crippen LogP contribution in [-0.2, 0) is 0 Å². The molecule has 0 bridgehead atoms. The molecule has 2 aromatic heterocycles. The second-order valence-electron chi connectivity index (χ2n) is 7.78. The summed E-state index contributed by atoms with van der Waals surface area (Å²) in [6.07, 6.45) is 5.00. The first-order valence-electron chi connectivity index (χ1n) is 9.98. The van der Waals surface area contributed by atoms with Crippen molar-refractivity contribution in [3.8, 4) is 5.75 Å². The van der Waals surface area contributed by atoms with Crippen LogP contribution in [0.5, 0.6) is 5.75 Å². The third-order valence-electron chi connectivity index (χ3n) is 5.98. The standard InChI is InChI=1S/C22H21ClFN5OS/c23-19-17(5-8-27-21(19)26)31-18-4-2-14(12-28-18)29-9-6-22(7-10-29)20(25)15-3-1-13(24)11-16(15)30-22/h1-5,8,11-12,20H,6-7,9-10,25H2,(H2,26,27)/t20-/m1/s1. The summed E-state index contributed by atoms with van der Waals surface area (Å²) in [5.41, 5.74) is 13.7. The molecule has 1 saturated heterocycles. The third-order valence-corrected chi connectivity index (χ3v) is 7.50. The second-order valence-corrected chi connectivity index (χ2v) is 9.22. The van der Waals surface area contributed by atoms with Crippen LogP contribution >= 0.6 is 23.4 Å². The van der Waals surface area contributed by atoms with Gasteiger partial charge in [-0.2, -0.15) is 0 Å². The molecule has 1 fully saturated rings. The number of nitrogen functional groups attached to an aromatic ring is 1. The average molecular weight is 458 g/mol. The number of anilines is 2. The van der Waals surface area contributed by atoms with Gasteiger partial charge in [-0.05, 0) is 24.3 Å². The lowest BCUT2D eigenvalue weighted by molar-refractivity contribution is 0.0430. The third kappa shape index (κ3) is 3.69. The summed E-state index contributed by atoms with van der Waals surface area (Å²) in [6, 6.07) is 10.2. The molecule has 2 aliphatic rings. The molecule has 0 unspecified atom stereocenters. The summed E-state index contributed by atoms with van der Waals surface area (Å²) >= 11 is 7.67. The number of rotatable bonds is 3. The number of fused-ring (bicyclic) bond motifs is 1. The Morgan fingerprint density at radius 3 is 2.71 bits per heavy atom. The first-order chi connectivity index (χ1) is 14.9. The molecule has 0 amide bonds. The maximum Gasteiger partial charge on any atom is 0.143 e. The van der Waals surface area contributed by atoms with Gasteiger partial charge in [-0.15, -0.1) is 0 Å². The van der Waals surface area contributed by atoms with Crippen LogP contribution in [0.4, 0.5) is 15.9 Å². The van der Waals surface area contributed by atoms with E-state index in [1.807, 2.05) is 24.4 Å². The number of hydrogen-bond acceptors (Lipinski definition) is 7. The first-order valence-corrected chi connectivity index (χ1v) is 11.2. The predicted molar refractivity (Wildman–Crippen MR) is 120 cm³/mol. The van der Waals surface area contributed by atoms with Gasteiger partial charge < -0.3 is 21.1 Å². The van der Waals surface area contributed by atoms with Crippen LogP contribution in [0.1, 0.15) is 24.4 Å². The summed E-state index contributed by atoms with van der Waals surface area (Å²) < 4.78 is 19.8. The fourth-order valence-electron chi connectivity index (χ4n) is 4.23. The minimum atomic E-state index is -0.478. The largest absolute Gasteiger partial charge is 0.485 e. The molecule has 3 aromatic rings. The molecule has 9 heteroatoms. The molecule has 160 valence electrons. The van der Waals surface area contributed by atoms with E-state index in [2.05, 4.69) is 14.9 Å². The van der Waals surface area contributed by atoms with E-state index in [1.54, 1.807) is 12.3 Å². The van der Waals surface area contributed by atoms with Gasteiger partial charge in [-0.3, -0.25) is 0 Å². The number of hydrogen-bond donors (Lipinski definition) is 2. The minimum Gasteiger partial charge on any atom is -0.485 e. The Bertz CT molecular complexity index is 1120. The van der Waals surface area contributed by atoms with Crippen molar-refractivity contribution < 1.29 is 9.13 Å². The van der Waals surface area contributed by atoms with Crippen molar-refractivity contribution in [1.29, 1.82) is 0 Å². The molecule has 1 aromatic carbocycles. The van der Waals surface area contributed by atoms with E-state index >= 15 is 0 Å². The second kappa shape index (κ2) is 7.85. The fraction of sp³-hybridized carbons (Fsp3) is 0.273. The molecular weight excluding hydrogens is 437 g/mol. The van der Waals surface area contributed by atoms with E-state index in [0.29, 0.717) is 16.6 Å². The molecule has 0 saturated carbocycles. The van der Waals surface area contributed by atoms with E-state index < -0.39 is 5.60 Å². The summed E-state index contributed by atoms with van der Waals surface area (Å²) in [6.45, 7) is 1.57. The summed E-state index contributed by atoms with van der Waals surface area (Å²) in [5, 5.41) is 1.26. The lowest BCUT2D eigenvalue weighted by atomic mass is 9.83. The molecule has 31 heavy (non-hydrogen) atoms. The van der Waals surface area contributed by atoms with Crippen LogP contribution in [0.25, 0.3) is 0 Å². The Morgan fingerprint density at radius 2 is 1.97 bits per heavy atom. The van der Waals surface area contributed by atoms with Crippen molar-refractivity contribution in [2.75, 3.05) is 23.7 Å². The number of pyridine rings is 2. The number of halogens is 2. The van der Waals surface area contributed by atoms with Gasteiger partial charge in [-0.25, -0.2) is 14.4 Å². The van der Waals surface area contributed by atoms with Gasteiger partial charge in [0.2, 0.25) is 0 Å². The Balaban J connectivity index is 1.26. The summed E-state index contributed by atoms with van der Waals surface area (Å²) in [5.74, 6) is 0.572. The number of ether oxygens (including phenoxy) is 1. The number of benzene rings is 1. The molecule has 4 heterocycles. The Labute approximate surface area is 188 Å². The van der Waals surface area contributed by atoms with E-state index in [4.69, 9.17) is 27.8 Å². The smallest absolute Gasteiger partial charge is 0.143 e. The number of nitrogens with zero attached hydrogens (tertiary/aromatic N) is 3. The van der Waals surface area contributed by atoms with Crippen molar-refractivity contribution in [2.45, 2.75) is 34.4 Å². The molecular formula is C22H21ClFN5OS. The molecule has 2 aliphatic heterocycles. The van der Waals surface area contributed by atoms with Crippen LogP contribution in [0.15, 0.2) is 58.7 Å². The number of aromatic nitrogens is 2. The predicted octanol–water partition coefficient (Wildman–Crippen LogP) is 4.43. The zero-order valence-electron chi connectivity index (χ0n) is 16.6. The van der Waals surface area contributed by atoms with Crippen LogP contribution in [0.3, 0.4) is 0 Å². The van der Waals surface area contributed by atoms with Crippen LogP contribution in [-0.4, -0.2) is 28.7 Å². The van der Waals surface area contributed by atoms with Gasteiger partial charge in [0.1, 0.15) is 28.0 Å². The van der Waals surface area contributed by atoms with E-state index in [-0.39, 0.29) is 11.9 Å². The highest BCUT2D eigenvalue weighted by Crippen LogP contribution is 2.47. The molecule has 1 spiro atoms. The van der Waals surface area contributed by atoms with Crippen molar-refractivity contribution in [3.63, 3.8) is 0 Å². The van der Waals surface area contributed by atoms with Crippen molar-refractivity contribution in [2.24, 2.45) is 5.73 Å². The van der Waals surface area contributed by atoms with Gasteiger partial charge in [0.15, 0.2) is 0 Å². The van der Waals surface area contributed by atoms with Gasteiger partial charge in [0.25, 0.3) is 0 Å². The van der Waals surface area contributed by atoms with Gasteiger partial charge in [-0.1, -0.05) is 29.4 Å². The SMILES string of the molecule is Nc1nccc(Sc2ccc(N3CCC4(CC3)Oc3cc(F)ccc3[C@H]4N)cn2)c1Cl. The minimum absolute atomic E-state index is 0.250. The highest BCUT2D eigenvalue weighted by Gasteiger charge is 2.48. The molecule has 0 aliphatic carbocycles. The average Bonchev–Trinajstić information content (AvgIpc) is 3.03. The Morgan fingerprint density at radius 1 is 1.16 bits per heavy atom. The topological polar surface area (TPSA) is 90.3 Å². The quantitative estimate of drug-likeness (QED) is 0.601. The van der Waals surface area contributed by atoms with E-state index in [9.17, 15) is 4.39 Å². The Hall–Kier alpha value is -2.55. The monoisotopic (exact) mass is 457 g/mol.